The Hall–Kier alpha value is -1.41. The van der Waals surface area contributed by atoms with Crippen molar-refractivity contribution >= 4 is 0 Å². The minimum Gasteiger partial charge on any atom is -0.503 e. The zero-order chi connectivity index (χ0) is 14.5. The van der Waals surface area contributed by atoms with Crippen LogP contribution < -0.4 is 5.43 Å². The van der Waals surface area contributed by atoms with Crippen molar-refractivity contribution < 1.29 is 20.1 Å². The van der Waals surface area contributed by atoms with Gasteiger partial charge in [-0.15, -0.1) is 0 Å². The molecule has 3 N–H and O–H groups in total. The van der Waals surface area contributed by atoms with Gasteiger partial charge in [0.25, 0.3) is 0 Å². The van der Waals surface area contributed by atoms with Crippen LogP contribution in [0, 0.1) is 0 Å². The van der Waals surface area contributed by atoms with Crippen LogP contribution >= 0.6 is 0 Å². The molecule has 1 saturated heterocycles. The highest BCUT2D eigenvalue weighted by atomic mass is 16.5. The van der Waals surface area contributed by atoms with Gasteiger partial charge in [-0.25, -0.2) is 0 Å². The van der Waals surface area contributed by atoms with E-state index in [-0.39, 0.29) is 25.5 Å². The Labute approximate surface area is 116 Å². The molecule has 1 fully saturated rings. The maximum Gasteiger partial charge on any atom is 0.223 e. The van der Waals surface area contributed by atoms with Gasteiger partial charge < -0.3 is 24.6 Å². The van der Waals surface area contributed by atoms with Crippen molar-refractivity contribution in [1.82, 2.24) is 9.47 Å². The summed E-state index contributed by atoms with van der Waals surface area (Å²) < 4.78 is 6.86. The van der Waals surface area contributed by atoms with Gasteiger partial charge in [0.15, 0.2) is 5.75 Å². The van der Waals surface area contributed by atoms with Crippen molar-refractivity contribution in [3.05, 3.63) is 27.7 Å². The molecule has 0 saturated carbocycles. The van der Waals surface area contributed by atoms with Gasteiger partial charge in [-0.3, -0.25) is 9.69 Å². The van der Waals surface area contributed by atoms with Gasteiger partial charge in [-0.2, -0.15) is 0 Å². The predicted molar refractivity (Wildman–Crippen MR) is 71.5 cm³/mol. The summed E-state index contributed by atoms with van der Waals surface area (Å²) in [5, 5.41) is 28.5. The number of morpholine rings is 1. The van der Waals surface area contributed by atoms with E-state index in [0.717, 1.165) is 13.1 Å². The molecule has 0 radical (unpaired) electrons. The minimum absolute atomic E-state index is 0.134. The standard InChI is InChI=1S/C13H20N2O5/c16-4-1-15-10(9-17)7-12(18)13(19)11(15)8-14-2-5-20-6-3-14/h7,16-17,19H,1-6,8-9H2. The van der Waals surface area contributed by atoms with E-state index < -0.39 is 5.43 Å². The van der Waals surface area contributed by atoms with Crippen LogP contribution in [0.5, 0.6) is 5.75 Å². The topological polar surface area (TPSA) is 95.2 Å². The van der Waals surface area contributed by atoms with Crippen LogP contribution in [0.3, 0.4) is 0 Å². The summed E-state index contributed by atoms with van der Waals surface area (Å²) in [6, 6.07) is 1.20. The van der Waals surface area contributed by atoms with Gasteiger partial charge in [-0.1, -0.05) is 0 Å². The van der Waals surface area contributed by atoms with E-state index in [1.807, 2.05) is 0 Å². The van der Waals surface area contributed by atoms with Crippen LogP contribution in [-0.4, -0.2) is 57.7 Å². The zero-order valence-corrected chi connectivity index (χ0v) is 11.3. The highest BCUT2D eigenvalue weighted by molar-refractivity contribution is 5.30. The Morgan fingerprint density at radius 1 is 1.25 bits per heavy atom. The molecule has 1 aliphatic rings. The third-order valence-corrected chi connectivity index (χ3v) is 3.44. The molecule has 2 heterocycles. The van der Waals surface area contributed by atoms with Crippen LogP contribution in [0.1, 0.15) is 11.4 Å². The quantitative estimate of drug-likeness (QED) is 0.633. The van der Waals surface area contributed by atoms with Crippen molar-refractivity contribution in [2.24, 2.45) is 0 Å². The van der Waals surface area contributed by atoms with Gasteiger partial charge in [0.05, 0.1) is 32.1 Å². The summed E-state index contributed by atoms with van der Waals surface area (Å²) >= 11 is 0. The summed E-state index contributed by atoms with van der Waals surface area (Å²) in [5.74, 6) is -0.317. The van der Waals surface area contributed by atoms with Gasteiger partial charge in [-0.05, 0) is 0 Å². The van der Waals surface area contributed by atoms with E-state index in [4.69, 9.17) is 9.84 Å². The number of aliphatic hydroxyl groups is 2. The fourth-order valence-corrected chi connectivity index (χ4v) is 2.38. The van der Waals surface area contributed by atoms with Crippen LogP contribution in [-0.2, 0) is 24.4 Å². The first-order chi connectivity index (χ1) is 9.67. The van der Waals surface area contributed by atoms with E-state index in [2.05, 4.69) is 4.90 Å². The van der Waals surface area contributed by atoms with Gasteiger partial charge in [0.2, 0.25) is 5.43 Å². The molecule has 1 aliphatic heterocycles. The molecule has 20 heavy (non-hydrogen) atoms. The second-order valence-corrected chi connectivity index (χ2v) is 4.72. The van der Waals surface area contributed by atoms with Crippen molar-refractivity contribution in [3.63, 3.8) is 0 Å². The molecule has 0 atom stereocenters. The molecular formula is C13H20N2O5. The Balaban J connectivity index is 2.36. The van der Waals surface area contributed by atoms with Crippen LogP contribution in [0.25, 0.3) is 0 Å². The maximum atomic E-state index is 11.7. The minimum atomic E-state index is -0.508. The summed E-state index contributed by atoms with van der Waals surface area (Å²) in [5.41, 5.74) is 0.314. The van der Waals surface area contributed by atoms with Crippen molar-refractivity contribution in [2.75, 3.05) is 32.9 Å². The number of rotatable bonds is 5. The smallest absolute Gasteiger partial charge is 0.223 e. The van der Waals surface area contributed by atoms with E-state index in [9.17, 15) is 15.0 Å². The molecule has 0 aromatic carbocycles. The summed E-state index contributed by atoms with van der Waals surface area (Å²) in [7, 11) is 0. The number of ether oxygens (including phenoxy) is 1. The fraction of sp³-hybridized carbons (Fsp3) is 0.615. The molecule has 0 amide bonds. The number of nitrogens with zero attached hydrogens (tertiary/aromatic N) is 2. The first kappa shape index (κ1) is 15.0. The second kappa shape index (κ2) is 6.85. The molecule has 0 aliphatic carbocycles. The van der Waals surface area contributed by atoms with E-state index in [0.29, 0.717) is 31.1 Å². The van der Waals surface area contributed by atoms with Crippen LogP contribution in [0.2, 0.25) is 0 Å². The highest BCUT2D eigenvalue weighted by Gasteiger charge is 2.19. The first-order valence-electron chi connectivity index (χ1n) is 6.63. The van der Waals surface area contributed by atoms with Crippen LogP contribution in [0.15, 0.2) is 10.9 Å². The van der Waals surface area contributed by atoms with Gasteiger partial charge >= 0.3 is 0 Å². The van der Waals surface area contributed by atoms with Gasteiger partial charge in [0.1, 0.15) is 0 Å². The zero-order valence-electron chi connectivity index (χ0n) is 11.3. The lowest BCUT2D eigenvalue weighted by molar-refractivity contribution is 0.0324. The SMILES string of the molecule is O=c1cc(CO)n(CCO)c(CN2CCOCC2)c1O. The van der Waals surface area contributed by atoms with Crippen molar-refractivity contribution in [1.29, 1.82) is 0 Å². The first-order valence-corrected chi connectivity index (χ1v) is 6.63. The molecule has 112 valence electrons. The van der Waals surface area contributed by atoms with Gasteiger partial charge in [0, 0.05) is 37.9 Å². The summed E-state index contributed by atoms with van der Waals surface area (Å²) in [6.07, 6.45) is 0. The number of aromatic hydroxyl groups is 1. The average molecular weight is 284 g/mol. The lowest BCUT2D eigenvalue weighted by Gasteiger charge is -2.28. The lowest BCUT2D eigenvalue weighted by Crippen LogP contribution is -2.37. The normalized spacial score (nSPS) is 16.5. The highest BCUT2D eigenvalue weighted by Crippen LogP contribution is 2.18. The molecular weight excluding hydrogens is 264 g/mol. The summed E-state index contributed by atoms with van der Waals surface area (Å²) in [6.45, 7) is 2.83. The average Bonchev–Trinajstić information content (AvgIpc) is 2.47. The Kier molecular flexibility index (Phi) is 5.13. The predicted octanol–water partition coefficient (Wildman–Crippen LogP) is -1.13. The molecule has 0 spiro atoms. The largest absolute Gasteiger partial charge is 0.503 e. The van der Waals surface area contributed by atoms with Crippen molar-refractivity contribution in [3.8, 4) is 5.75 Å². The number of aliphatic hydroxyl groups excluding tert-OH is 2. The maximum absolute atomic E-state index is 11.7. The molecule has 1 aromatic rings. The third kappa shape index (κ3) is 3.18. The monoisotopic (exact) mass is 284 g/mol. The summed E-state index contributed by atoms with van der Waals surface area (Å²) in [4.78, 5) is 13.8. The Morgan fingerprint density at radius 2 is 1.95 bits per heavy atom. The number of hydrogen-bond donors (Lipinski definition) is 3. The van der Waals surface area contributed by atoms with E-state index in [1.54, 1.807) is 4.57 Å². The molecule has 0 bridgehead atoms. The van der Waals surface area contributed by atoms with Crippen LogP contribution in [0.4, 0.5) is 0 Å². The second-order valence-electron chi connectivity index (χ2n) is 4.72. The third-order valence-electron chi connectivity index (χ3n) is 3.44. The molecule has 0 unspecified atom stereocenters. The molecule has 1 aromatic heterocycles. The number of aromatic nitrogens is 1. The number of hydrogen-bond acceptors (Lipinski definition) is 6. The fourth-order valence-electron chi connectivity index (χ4n) is 2.38. The lowest BCUT2D eigenvalue weighted by atomic mass is 10.2. The van der Waals surface area contributed by atoms with Crippen molar-refractivity contribution in [2.45, 2.75) is 19.7 Å². The van der Waals surface area contributed by atoms with E-state index >= 15 is 0 Å². The molecule has 2 rings (SSSR count). The molecule has 7 heteroatoms. The Morgan fingerprint density at radius 3 is 2.55 bits per heavy atom. The molecule has 7 nitrogen and oxygen atoms in total. The Bertz CT molecular complexity index is 508. The number of pyridine rings is 1. The van der Waals surface area contributed by atoms with E-state index in [1.165, 1.54) is 6.07 Å².